The van der Waals surface area contributed by atoms with Crippen LogP contribution in [0.4, 0.5) is 5.82 Å². The van der Waals surface area contributed by atoms with E-state index in [9.17, 15) is 0 Å². The van der Waals surface area contributed by atoms with Crippen molar-refractivity contribution in [2.45, 2.75) is 38.6 Å². The van der Waals surface area contributed by atoms with Crippen LogP contribution in [0.5, 0.6) is 0 Å². The van der Waals surface area contributed by atoms with Crippen LogP contribution in [0.15, 0.2) is 17.9 Å². The molecule has 1 aliphatic rings. The highest BCUT2D eigenvalue weighted by molar-refractivity contribution is 7.09. The molecule has 3 rings (SSSR count). The Hall–Kier alpha value is -1.49. The van der Waals surface area contributed by atoms with Gasteiger partial charge in [0.1, 0.15) is 17.2 Å². The van der Waals surface area contributed by atoms with Gasteiger partial charge in [-0.2, -0.15) is 0 Å². The molecule has 0 unspecified atom stereocenters. The summed E-state index contributed by atoms with van der Waals surface area (Å²) in [7, 11) is 0. The maximum atomic E-state index is 4.42. The second-order valence-electron chi connectivity index (χ2n) is 4.49. The lowest BCUT2D eigenvalue weighted by molar-refractivity contribution is 0.708. The largest absolute Gasteiger partial charge is 0.363 e. The lowest BCUT2D eigenvalue weighted by Gasteiger charge is -2.11. The number of thiazole rings is 1. The second kappa shape index (κ2) is 5.44. The van der Waals surface area contributed by atoms with E-state index in [4.69, 9.17) is 0 Å². The number of fused-ring (bicyclic) bond motifs is 1. The molecule has 0 atom stereocenters. The second-order valence-corrected chi connectivity index (χ2v) is 5.47. The fraction of sp³-hybridized carbons (Fsp3) is 0.462. The highest BCUT2D eigenvalue weighted by atomic mass is 32.1. The molecule has 2 aromatic heterocycles. The number of aryl methyl sites for hydroxylation is 1. The smallest absolute Gasteiger partial charge is 0.133 e. The van der Waals surface area contributed by atoms with E-state index >= 15 is 0 Å². The van der Waals surface area contributed by atoms with Crippen LogP contribution in [0, 0.1) is 0 Å². The minimum atomic E-state index is 0.751. The van der Waals surface area contributed by atoms with Gasteiger partial charge < -0.3 is 5.32 Å². The summed E-state index contributed by atoms with van der Waals surface area (Å²) in [6.07, 6.45) is 9.47. The molecule has 2 aromatic rings. The van der Waals surface area contributed by atoms with Gasteiger partial charge in [-0.15, -0.1) is 11.3 Å². The molecule has 0 spiro atoms. The number of hydrogen-bond acceptors (Lipinski definition) is 5. The number of nitrogens with one attached hydrogen (secondary N) is 1. The topological polar surface area (TPSA) is 50.7 Å². The Bertz CT molecular complexity index is 510. The van der Waals surface area contributed by atoms with E-state index in [0.29, 0.717) is 0 Å². The van der Waals surface area contributed by atoms with E-state index in [1.54, 1.807) is 17.7 Å². The van der Waals surface area contributed by atoms with Gasteiger partial charge in [-0.1, -0.05) is 6.42 Å². The molecule has 0 saturated heterocycles. The number of anilines is 1. The van der Waals surface area contributed by atoms with Crippen LogP contribution in [0.1, 0.15) is 35.5 Å². The Balaban J connectivity index is 1.79. The van der Waals surface area contributed by atoms with E-state index < -0.39 is 0 Å². The van der Waals surface area contributed by atoms with Crippen molar-refractivity contribution in [1.29, 1.82) is 0 Å². The fourth-order valence-electron chi connectivity index (χ4n) is 2.35. The van der Waals surface area contributed by atoms with E-state index in [2.05, 4.69) is 20.3 Å². The molecule has 1 N–H and O–H groups in total. The molecule has 0 bridgehead atoms. The van der Waals surface area contributed by atoms with Gasteiger partial charge in [0.15, 0.2) is 0 Å². The summed E-state index contributed by atoms with van der Waals surface area (Å²) in [6.45, 7) is 0.751. The summed E-state index contributed by atoms with van der Waals surface area (Å²) in [4.78, 5) is 13.1. The van der Waals surface area contributed by atoms with Crippen molar-refractivity contribution in [3.63, 3.8) is 0 Å². The average Bonchev–Trinajstić information content (AvgIpc) is 2.79. The predicted octanol–water partition coefficient (Wildman–Crippen LogP) is 2.81. The molecule has 5 heteroatoms. The van der Waals surface area contributed by atoms with Crippen LogP contribution >= 0.6 is 11.3 Å². The number of hydrogen-bond donors (Lipinski definition) is 1. The molecule has 2 heterocycles. The molecule has 1 aliphatic carbocycles. The van der Waals surface area contributed by atoms with E-state index in [1.165, 1.54) is 30.5 Å². The average molecular weight is 260 g/mol. The molecule has 0 aromatic carbocycles. The third kappa shape index (κ3) is 2.51. The number of rotatable bonds is 3. The first kappa shape index (κ1) is 11.6. The van der Waals surface area contributed by atoms with Crippen molar-refractivity contribution in [2.24, 2.45) is 0 Å². The Kier molecular flexibility index (Phi) is 3.50. The molecule has 0 amide bonds. The zero-order valence-corrected chi connectivity index (χ0v) is 11.0. The summed E-state index contributed by atoms with van der Waals surface area (Å²) in [5, 5.41) is 6.49. The van der Waals surface area contributed by atoms with E-state index in [-0.39, 0.29) is 0 Å². The van der Waals surface area contributed by atoms with Crippen LogP contribution in [0.2, 0.25) is 0 Å². The Morgan fingerprint density at radius 1 is 1.11 bits per heavy atom. The van der Waals surface area contributed by atoms with Crippen LogP contribution in [0.25, 0.3) is 0 Å². The highest BCUT2D eigenvalue weighted by Crippen LogP contribution is 2.24. The molecule has 94 valence electrons. The monoisotopic (exact) mass is 260 g/mol. The maximum Gasteiger partial charge on any atom is 0.133 e. The Morgan fingerprint density at radius 2 is 2.06 bits per heavy atom. The van der Waals surface area contributed by atoms with Crippen molar-refractivity contribution in [3.05, 3.63) is 34.2 Å². The zero-order valence-electron chi connectivity index (χ0n) is 10.2. The summed E-state index contributed by atoms with van der Waals surface area (Å²) >= 11 is 1.67. The van der Waals surface area contributed by atoms with Crippen LogP contribution < -0.4 is 5.32 Å². The van der Waals surface area contributed by atoms with Crippen molar-refractivity contribution in [2.75, 3.05) is 5.32 Å². The Morgan fingerprint density at radius 3 is 2.94 bits per heavy atom. The molecule has 0 fully saturated rings. The first-order chi connectivity index (χ1) is 8.93. The fourth-order valence-corrected chi connectivity index (χ4v) is 2.91. The first-order valence-corrected chi connectivity index (χ1v) is 7.26. The van der Waals surface area contributed by atoms with E-state index in [1.807, 2.05) is 11.6 Å². The summed E-state index contributed by atoms with van der Waals surface area (Å²) in [5.74, 6) is 0.997. The molecular weight excluding hydrogens is 244 g/mol. The lowest BCUT2D eigenvalue weighted by atomic mass is 10.1. The SMILES string of the molecule is c1csc(CNc2ncnc3c2CCCCC3)n1. The van der Waals surface area contributed by atoms with Crippen molar-refractivity contribution in [1.82, 2.24) is 15.0 Å². The minimum absolute atomic E-state index is 0.751. The van der Waals surface area contributed by atoms with Gasteiger partial charge in [0.2, 0.25) is 0 Å². The van der Waals surface area contributed by atoms with Crippen molar-refractivity contribution >= 4 is 17.2 Å². The zero-order chi connectivity index (χ0) is 12.2. The molecule has 0 aliphatic heterocycles. The normalized spacial score (nSPS) is 14.9. The van der Waals surface area contributed by atoms with Gasteiger partial charge in [0, 0.05) is 22.8 Å². The van der Waals surface area contributed by atoms with Gasteiger partial charge in [-0.25, -0.2) is 15.0 Å². The molecule has 0 radical (unpaired) electrons. The van der Waals surface area contributed by atoms with Crippen LogP contribution in [-0.4, -0.2) is 15.0 Å². The standard InChI is InChI=1S/C13H16N4S/c1-2-4-10-11(5-3-1)16-9-17-13(10)15-8-12-14-6-7-18-12/h6-7,9H,1-5,8H2,(H,15,16,17). The molecular formula is C13H16N4S. The summed E-state index contributed by atoms with van der Waals surface area (Å²) in [5.41, 5.74) is 2.54. The number of nitrogens with zero attached hydrogens (tertiary/aromatic N) is 3. The van der Waals surface area contributed by atoms with Crippen LogP contribution in [0.3, 0.4) is 0 Å². The predicted molar refractivity (Wildman–Crippen MR) is 72.7 cm³/mol. The van der Waals surface area contributed by atoms with Gasteiger partial charge in [-0.3, -0.25) is 0 Å². The highest BCUT2D eigenvalue weighted by Gasteiger charge is 2.14. The summed E-state index contributed by atoms with van der Waals surface area (Å²) in [6, 6.07) is 0. The van der Waals surface area contributed by atoms with E-state index in [0.717, 1.165) is 30.2 Å². The van der Waals surface area contributed by atoms with Crippen molar-refractivity contribution in [3.8, 4) is 0 Å². The summed E-state index contributed by atoms with van der Waals surface area (Å²) < 4.78 is 0. The molecule has 4 nitrogen and oxygen atoms in total. The lowest BCUT2D eigenvalue weighted by Crippen LogP contribution is -2.07. The van der Waals surface area contributed by atoms with Gasteiger partial charge in [0.25, 0.3) is 0 Å². The maximum absolute atomic E-state index is 4.42. The van der Waals surface area contributed by atoms with Crippen LogP contribution in [-0.2, 0) is 19.4 Å². The Labute approximate surface area is 111 Å². The first-order valence-electron chi connectivity index (χ1n) is 6.38. The minimum Gasteiger partial charge on any atom is -0.363 e. The van der Waals surface area contributed by atoms with Gasteiger partial charge in [0.05, 0.1) is 6.54 Å². The molecule has 18 heavy (non-hydrogen) atoms. The van der Waals surface area contributed by atoms with Gasteiger partial charge in [-0.05, 0) is 25.7 Å². The van der Waals surface area contributed by atoms with Gasteiger partial charge >= 0.3 is 0 Å². The quantitative estimate of drug-likeness (QED) is 0.862. The van der Waals surface area contributed by atoms with Crippen molar-refractivity contribution < 1.29 is 0 Å². The molecule has 0 saturated carbocycles. The number of aromatic nitrogens is 3. The third-order valence-electron chi connectivity index (χ3n) is 3.27. The third-order valence-corrected chi connectivity index (χ3v) is 4.05.